The summed E-state index contributed by atoms with van der Waals surface area (Å²) in [4.78, 5) is 16.6. The van der Waals surface area contributed by atoms with E-state index in [0.717, 1.165) is 83.3 Å². The molecule has 2 aliphatic heterocycles. The Morgan fingerprint density at radius 1 is 1.12 bits per heavy atom. The Bertz CT molecular complexity index is 537. The van der Waals surface area contributed by atoms with E-state index in [-0.39, 0.29) is 11.8 Å². The van der Waals surface area contributed by atoms with Crippen molar-refractivity contribution >= 4 is 17.5 Å². The Labute approximate surface area is 149 Å². The number of amides is 1. The molecule has 3 rings (SSSR count). The first kappa shape index (κ1) is 17.9. The van der Waals surface area contributed by atoms with Crippen molar-refractivity contribution in [3.63, 3.8) is 0 Å². The molecule has 1 amide bonds. The summed E-state index contributed by atoms with van der Waals surface area (Å²) >= 11 is 0. The van der Waals surface area contributed by atoms with Gasteiger partial charge in [0.25, 0.3) is 0 Å². The molecular weight excluding hydrogens is 318 g/mol. The second-order valence-corrected chi connectivity index (χ2v) is 6.76. The number of carbonyl (C=O) groups is 1. The minimum Gasteiger partial charge on any atom is -0.378 e. The van der Waals surface area contributed by atoms with Crippen LogP contribution < -0.4 is 15.1 Å². The van der Waals surface area contributed by atoms with Gasteiger partial charge in [0.2, 0.25) is 5.91 Å². The summed E-state index contributed by atoms with van der Waals surface area (Å²) in [6.45, 7) is 7.88. The van der Waals surface area contributed by atoms with Gasteiger partial charge in [-0.2, -0.15) is 0 Å². The molecule has 1 aromatic rings. The lowest BCUT2D eigenvalue weighted by molar-refractivity contribution is -0.125. The Kier molecular flexibility index (Phi) is 6.44. The zero-order valence-electron chi connectivity index (χ0n) is 15.1. The molecule has 1 aromatic heterocycles. The fourth-order valence-corrected chi connectivity index (χ4v) is 3.35. The predicted octanol–water partition coefficient (Wildman–Crippen LogP) is 1.45. The van der Waals surface area contributed by atoms with E-state index in [2.05, 4.69) is 32.2 Å². The highest BCUT2D eigenvalue weighted by molar-refractivity contribution is 5.78. The number of morpholine rings is 1. The van der Waals surface area contributed by atoms with Crippen LogP contribution in [0.4, 0.5) is 11.6 Å². The van der Waals surface area contributed by atoms with Crippen molar-refractivity contribution in [1.82, 2.24) is 15.5 Å². The molecule has 0 aromatic carbocycles. The van der Waals surface area contributed by atoms with Crippen LogP contribution in [0.2, 0.25) is 0 Å². The standard InChI is InChI=1S/C18H29N5O2/c1-2-3-8-19-18(24)15-6-9-22(10-7-15)16-4-5-17(21-20-16)23-11-13-25-14-12-23/h4-5,15H,2-3,6-14H2,1H3,(H,19,24). The van der Waals surface area contributed by atoms with Gasteiger partial charge < -0.3 is 19.9 Å². The van der Waals surface area contributed by atoms with Gasteiger partial charge in [-0.25, -0.2) is 0 Å². The maximum Gasteiger partial charge on any atom is 0.223 e. The maximum absolute atomic E-state index is 12.2. The molecule has 2 saturated heterocycles. The SMILES string of the molecule is CCCCNC(=O)C1CCN(c2ccc(N3CCOCC3)nn2)CC1. The Balaban J connectivity index is 1.48. The minimum atomic E-state index is 0.133. The average molecular weight is 347 g/mol. The number of hydrogen-bond acceptors (Lipinski definition) is 6. The molecule has 0 spiro atoms. The van der Waals surface area contributed by atoms with E-state index in [1.54, 1.807) is 0 Å². The lowest BCUT2D eigenvalue weighted by Gasteiger charge is -2.32. The molecular formula is C18H29N5O2. The first-order valence-electron chi connectivity index (χ1n) is 9.47. The normalized spacial score (nSPS) is 19.1. The van der Waals surface area contributed by atoms with Gasteiger partial charge in [0.15, 0.2) is 11.6 Å². The highest BCUT2D eigenvalue weighted by Gasteiger charge is 2.25. The molecule has 2 fully saturated rings. The highest BCUT2D eigenvalue weighted by atomic mass is 16.5. The third kappa shape index (κ3) is 4.81. The van der Waals surface area contributed by atoms with E-state index in [4.69, 9.17) is 4.74 Å². The van der Waals surface area contributed by atoms with Crippen LogP contribution in [0.25, 0.3) is 0 Å². The van der Waals surface area contributed by atoms with Crippen LogP contribution in [0, 0.1) is 5.92 Å². The van der Waals surface area contributed by atoms with E-state index >= 15 is 0 Å². The van der Waals surface area contributed by atoms with Crippen molar-refractivity contribution in [2.75, 3.05) is 55.7 Å². The summed E-state index contributed by atoms with van der Waals surface area (Å²) < 4.78 is 5.37. The molecule has 3 heterocycles. The molecule has 0 bridgehead atoms. The molecule has 2 aliphatic rings. The predicted molar refractivity (Wildman–Crippen MR) is 97.9 cm³/mol. The van der Waals surface area contributed by atoms with E-state index in [1.165, 1.54) is 0 Å². The Morgan fingerprint density at radius 3 is 2.28 bits per heavy atom. The monoisotopic (exact) mass is 347 g/mol. The summed E-state index contributed by atoms with van der Waals surface area (Å²) in [6.07, 6.45) is 3.92. The molecule has 25 heavy (non-hydrogen) atoms. The largest absolute Gasteiger partial charge is 0.378 e. The van der Waals surface area contributed by atoms with Gasteiger partial charge in [0.1, 0.15) is 0 Å². The van der Waals surface area contributed by atoms with Gasteiger partial charge in [-0.3, -0.25) is 4.79 Å². The molecule has 0 atom stereocenters. The van der Waals surface area contributed by atoms with Crippen LogP contribution in [0.3, 0.4) is 0 Å². The Hall–Kier alpha value is -1.89. The van der Waals surface area contributed by atoms with Crippen LogP contribution in [0.15, 0.2) is 12.1 Å². The van der Waals surface area contributed by atoms with E-state index < -0.39 is 0 Å². The number of anilines is 2. The van der Waals surface area contributed by atoms with Gasteiger partial charge in [-0.15, -0.1) is 10.2 Å². The number of nitrogens with zero attached hydrogens (tertiary/aromatic N) is 4. The molecule has 0 saturated carbocycles. The summed E-state index contributed by atoms with van der Waals surface area (Å²) in [6, 6.07) is 4.08. The summed E-state index contributed by atoms with van der Waals surface area (Å²) in [5.74, 6) is 2.16. The first-order chi connectivity index (χ1) is 12.3. The number of unbranched alkanes of at least 4 members (excludes halogenated alkanes) is 1. The number of ether oxygens (including phenoxy) is 1. The summed E-state index contributed by atoms with van der Waals surface area (Å²) in [7, 11) is 0. The zero-order chi connectivity index (χ0) is 17.5. The van der Waals surface area contributed by atoms with E-state index in [1.807, 2.05) is 12.1 Å². The van der Waals surface area contributed by atoms with Crippen molar-refractivity contribution in [2.24, 2.45) is 5.92 Å². The van der Waals surface area contributed by atoms with Crippen molar-refractivity contribution in [1.29, 1.82) is 0 Å². The van der Waals surface area contributed by atoms with Gasteiger partial charge in [0, 0.05) is 38.6 Å². The number of nitrogens with one attached hydrogen (secondary N) is 1. The van der Waals surface area contributed by atoms with E-state index in [0.29, 0.717) is 0 Å². The van der Waals surface area contributed by atoms with Crippen LogP contribution in [0.5, 0.6) is 0 Å². The molecule has 7 nitrogen and oxygen atoms in total. The number of aromatic nitrogens is 2. The van der Waals surface area contributed by atoms with E-state index in [9.17, 15) is 4.79 Å². The average Bonchev–Trinajstić information content (AvgIpc) is 2.69. The van der Waals surface area contributed by atoms with Crippen molar-refractivity contribution < 1.29 is 9.53 Å². The summed E-state index contributed by atoms with van der Waals surface area (Å²) in [5.41, 5.74) is 0. The first-order valence-corrected chi connectivity index (χ1v) is 9.47. The fourth-order valence-electron chi connectivity index (χ4n) is 3.35. The number of carbonyl (C=O) groups excluding carboxylic acids is 1. The molecule has 7 heteroatoms. The number of piperidine rings is 1. The topological polar surface area (TPSA) is 70.6 Å². The van der Waals surface area contributed by atoms with Gasteiger partial charge in [0.05, 0.1) is 13.2 Å². The quantitative estimate of drug-likeness (QED) is 0.786. The van der Waals surface area contributed by atoms with Gasteiger partial charge in [-0.1, -0.05) is 13.3 Å². The van der Waals surface area contributed by atoms with Crippen molar-refractivity contribution in [3.05, 3.63) is 12.1 Å². The number of rotatable bonds is 6. The minimum absolute atomic E-state index is 0.133. The smallest absolute Gasteiger partial charge is 0.223 e. The second-order valence-electron chi connectivity index (χ2n) is 6.76. The molecule has 0 aliphatic carbocycles. The fraction of sp³-hybridized carbons (Fsp3) is 0.722. The van der Waals surface area contributed by atoms with Crippen molar-refractivity contribution in [2.45, 2.75) is 32.6 Å². The molecule has 0 unspecified atom stereocenters. The lowest BCUT2D eigenvalue weighted by Crippen LogP contribution is -2.41. The van der Waals surface area contributed by atoms with Crippen LogP contribution in [-0.2, 0) is 9.53 Å². The van der Waals surface area contributed by atoms with Crippen LogP contribution >= 0.6 is 0 Å². The van der Waals surface area contributed by atoms with Crippen LogP contribution in [-0.4, -0.2) is 62.0 Å². The van der Waals surface area contributed by atoms with Gasteiger partial charge >= 0.3 is 0 Å². The van der Waals surface area contributed by atoms with Crippen molar-refractivity contribution in [3.8, 4) is 0 Å². The third-order valence-electron chi connectivity index (χ3n) is 4.99. The molecule has 0 radical (unpaired) electrons. The van der Waals surface area contributed by atoms with Crippen LogP contribution in [0.1, 0.15) is 32.6 Å². The lowest BCUT2D eigenvalue weighted by atomic mass is 9.96. The Morgan fingerprint density at radius 2 is 1.72 bits per heavy atom. The zero-order valence-corrected chi connectivity index (χ0v) is 15.1. The number of hydrogen-bond donors (Lipinski definition) is 1. The maximum atomic E-state index is 12.2. The third-order valence-corrected chi connectivity index (χ3v) is 4.99. The molecule has 138 valence electrons. The second kappa shape index (κ2) is 8.99. The summed E-state index contributed by atoms with van der Waals surface area (Å²) in [5, 5.41) is 11.8. The molecule has 1 N–H and O–H groups in total. The highest BCUT2D eigenvalue weighted by Crippen LogP contribution is 2.23. The van der Waals surface area contributed by atoms with Gasteiger partial charge in [-0.05, 0) is 31.4 Å².